The number of nitrogens with one attached hydrogen (secondary N) is 2. The van der Waals surface area contributed by atoms with Crippen molar-refractivity contribution in [2.45, 2.75) is 23.6 Å². The van der Waals surface area contributed by atoms with Crippen LogP contribution in [0.1, 0.15) is 34.6 Å². The molecule has 0 spiro atoms. The van der Waals surface area contributed by atoms with Crippen LogP contribution in [0, 0.1) is 11.6 Å². The van der Waals surface area contributed by atoms with E-state index in [1.807, 2.05) is 24.3 Å². The van der Waals surface area contributed by atoms with E-state index in [4.69, 9.17) is 36.0 Å². The van der Waals surface area contributed by atoms with Gasteiger partial charge in [-0.25, -0.2) is 17.2 Å². The van der Waals surface area contributed by atoms with Gasteiger partial charge in [0.15, 0.2) is 9.84 Å². The Morgan fingerprint density at radius 1 is 0.974 bits per heavy atom. The summed E-state index contributed by atoms with van der Waals surface area (Å²) >= 11 is 16.4. The van der Waals surface area contributed by atoms with E-state index >= 15 is 0 Å². The van der Waals surface area contributed by atoms with Gasteiger partial charge in [-0.1, -0.05) is 42.1 Å². The van der Waals surface area contributed by atoms with E-state index in [9.17, 15) is 17.2 Å². The third-order valence-electron chi connectivity index (χ3n) is 5.73. The number of benzene rings is 3. The summed E-state index contributed by atoms with van der Waals surface area (Å²) in [6.07, 6.45) is 1.47. The molecule has 1 aromatic heterocycles. The topological polar surface area (TPSA) is 71.1 Å². The number of sulfone groups is 1. The average molecular weight is 602 g/mol. The fraction of sp³-hybridized carbons (Fsp3) is 0.107. The Hall–Kier alpha value is -3.31. The van der Waals surface area contributed by atoms with Crippen LogP contribution < -0.4 is 10.6 Å². The highest BCUT2D eigenvalue weighted by Crippen LogP contribution is 2.36. The van der Waals surface area contributed by atoms with Crippen LogP contribution in [0.25, 0.3) is 0 Å². The van der Waals surface area contributed by atoms with Gasteiger partial charge >= 0.3 is 0 Å². The molecule has 0 fully saturated rings. The molecule has 39 heavy (non-hydrogen) atoms. The van der Waals surface area contributed by atoms with Crippen LogP contribution in [0.2, 0.25) is 5.02 Å². The van der Waals surface area contributed by atoms with Gasteiger partial charge in [-0.2, -0.15) is 0 Å². The second kappa shape index (κ2) is 12.3. The smallest absolute Gasteiger partial charge is 0.191 e. The summed E-state index contributed by atoms with van der Waals surface area (Å²) in [5, 5.41) is 4.95. The SMILES string of the molecule is CC(=S)Nc1ccc(C(=S)NCc2ccc(C(c3cc(F)ccc3F)S(=O)(=O)c3ccc(Cl)cc3)nc2)cc1. The summed E-state index contributed by atoms with van der Waals surface area (Å²) in [6.45, 7) is 2.10. The van der Waals surface area contributed by atoms with Gasteiger partial charge in [0.25, 0.3) is 0 Å². The molecule has 0 bridgehead atoms. The van der Waals surface area contributed by atoms with Crippen molar-refractivity contribution in [2.24, 2.45) is 0 Å². The minimum absolute atomic E-state index is 0.0395. The quantitative estimate of drug-likeness (QED) is 0.215. The van der Waals surface area contributed by atoms with Crippen LogP contribution in [-0.4, -0.2) is 23.4 Å². The van der Waals surface area contributed by atoms with Crippen molar-refractivity contribution in [1.29, 1.82) is 0 Å². The fourth-order valence-electron chi connectivity index (χ4n) is 3.85. The number of pyridine rings is 1. The predicted molar refractivity (Wildman–Crippen MR) is 158 cm³/mol. The van der Waals surface area contributed by atoms with Crippen LogP contribution in [-0.2, 0) is 16.4 Å². The van der Waals surface area contributed by atoms with E-state index < -0.39 is 26.7 Å². The first kappa shape index (κ1) is 28.7. The molecule has 1 heterocycles. The monoisotopic (exact) mass is 601 g/mol. The summed E-state index contributed by atoms with van der Waals surface area (Å²) in [6, 6.07) is 18.8. The van der Waals surface area contributed by atoms with E-state index in [2.05, 4.69) is 15.6 Å². The molecule has 2 N–H and O–H groups in total. The third-order valence-corrected chi connectivity index (χ3v) is 8.51. The van der Waals surface area contributed by atoms with E-state index in [0.29, 0.717) is 27.1 Å². The van der Waals surface area contributed by atoms with Crippen LogP contribution in [0.4, 0.5) is 14.5 Å². The largest absolute Gasteiger partial charge is 0.372 e. The number of anilines is 1. The van der Waals surface area contributed by atoms with Crippen molar-refractivity contribution in [3.05, 3.63) is 124 Å². The number of aromatic nitrogens is 1. The lowest BCUT2D eigenvalue weighted by molar-refractivity contribution is 0.568. The first-order valence-electron chi connectivity index (χ1n) is 11.6. The Kier molecular flexibility index (Phi) is 9.01. The van der Waals surface area contributed by atoms with Crippen LogP contribution in [0.5, 0.6) is 0 Å². The molecule has 0 saturated carbocycles. The van der Waals surface area contributed by atoms with Crippen molar-refractivity contribution in [3.63, 3.8) is 0 Å². The lowest BCUT2D eigenvalue weighted by Crippen LogP contribution is -2.22. The average Bonchev–Trinajstić information content (AvgIpc) is 2.90. The van der Waals surface area contributed by atoms with Crippen LogP contribution in [0.3, 0.4) is 0 Å². The highest BCUT2D eigenvalue weighted by molar-refractivity contribution is 7.92. The number of rotatable bonds is 8. The minimum atomic E-state index is -4.23. The highest BCUT2D eigenvalue weighted by atomic mass is 35.5. The molecular formula is C28H22ClF2N3O2S3. The normalized spacial score (nSPS) is 12.0. The van der Waals surface area contributed by atoms with Gasteiger partial charge in [0.05, 0.1) is 15.6 Å². The Bertz CT molecular complexity index is 1610. The summed E-state index contributed by atoms with van der Waals surface area (Å²) in [5.74, 6) is -1.63. The number of halogens is 3. The first-order chi connectivity index (χ1) is 18.5. The molecule has 0 aliphatic heterocycles. The molecule has 200 valence electrons. The van der Waals surface area contributed by atoms with Crippen molar-refractivity contribution < 1.29 is 17.2 Å². The third kappa shape index (κ3) is 7.02. The molecule has 0 radical (unpaired) electrons. The molecule has 0 aliphatic carbocycles. The van der Waals surface area contributed by atoms with E-state index in [0.717, 1.165) is 29.4 Å². The summed E-state index contributed by atoms with van der Waals surface area (Å²) < 4.78 is 56.2. The van der Waals surface area contributed by atoms with E-state index in [1.54, 1.807) is 13.0 Å². The number of hydrogen-bond acceptors (Lipinski definition) is 5. The summed E-state index contributed by atoms with van der Waals surface area (Å²) in [4.78, 5) is 5.39. The van der Waals surface area contributed by atoms with Crippen molar-refractivity contribution in [1.82, 2.24) is 10.3 Å². The molecule has 11 heteroatoms. The summed E-state index contributed by atoms with van der Waals surface area (Å²) in [5.41, 5.74) is 2.06. The lowest BCUT2D eigenvalue weighted by Gasteiger charge is -2.19. The van der Waals surface area contributed by atoms with Crippen LogP contribution in [0.15, 0.2) is 90.0 Å². The zero-order chi connectivity index (χ0) is 28.2. The predicted octanol–water partition coefficient (Wildman–Crippen LogP) is 6.80. The lowest BCUT2D eigenvalue weighted by atomic mass is 10.1. The fourth-order valence-corrected chi connectivity index (χ4v) is 6.06. The van der Waals surface area contributed by atoms with Crippen molar-refractivity contribution >= 4 is 61.5 Å². The molecule has 3 aromatic carbocycles. The maximum Gasteiger partial charge on any atom is 0.191 e. The van der Waals surface area contributed by atoms with Gasteiger partial charge in [0.2, 0.25) is 0 Å². The Labute approximate surface area is 241 Å². The second-order valence-corrected chi connectivity index (χ2v) is 12.1. The Morgan fingerprint density at radius 3 is 2.28 bits per heavy atom. The number of nitrogens with zero attached hydrogens (tertiary/aromatic N) is 1. The van der Waals surface area contributed by atoms with Gasteiger partial charge in [-0.3, -0.25) is 4.98 Å². The highest BCUT2D eigenvalue weighted by Gasteiger charge is 2.34. The van der Waals surface area contributed by atoms with Gasteiger partial charge in [-0.05, 0) is 85.3 Å². The molecule has 0 aliphatic rings. The Balaban J connectivity index is 1.58. The molecule has 0 amide bonds. The minimum Gasteiger partial charge on any atom is -0.372 e. The molecule has 0 saturated heterocycles. The van der Waals surface area contributed by atoms with Crippen LogP contribution >= 0.6 is 36.0 Å². The zero-order valence-electron chi connectivity index (χ0n) is 20.5. The molecule has 4 aromatic rings. The van der Waals surface area contributed by atoms with E-state index in [1.165, 1.54) is 36.5 Å². The number of hydrogen-bond donors (Lipinski definition) is 2. The van der Waals surface area contributed by atoms with Gasteiger partial charge in [-0.15, -0.1) is 0 Å². The molecular weight excluding hydrogens is 580 g/mol. The van der Waals surface area contributed by atoms with Gasteiger partial charge in [0.1, 0.15) is 21.9 Å². The van der Waals surface area contributed by atoms with Gasteiger partial charge < -0.3 is 10.6 Å². The summed E-state index contributed by atoms with van der Waals surface area (Å²) in [7, 11) is -4.23. The second-order valence-electron chi connectivity index (χ2n) is 8.58. The molecule has 4 rings (SSSR count). The maximum absolute atomic E-state index is 14.8. The van der Waals surface area contributed by atoms with E-state index in [-0.39, 0.29) is 16.2 Å². The molecule has 5 nitrogen and oxygen atoms in total. The number of thiocarbonyl (C=S) groups is 2. The Morgan fingerprint density at radius 2 is 1.67 bits per heavy atom. The molecule has 1 atom stereocenters. The van der Waals surface area contributed by atoms with Crippen molar-refractivity contribution in [2.75, 3.05) is 5.32 Å². The van der Waals surface area contributed by atoms with Gasteiger partial charge in [0, 0.05) is 34.6 Å². The first-order valence-corrected chi connectivity index (χ1v) is 14.3. The maximum atomic E-state index is 14.8. The van der Waals surface area contributed by atoms with Crippen molar-refractivity contribution in [3.8, 4) is 0 Å². The standard InChI is InChI=1S/C28H22ClF2N3O2S3/c1-17(37)34-22-8-3-19(4-9-22)28(38)33-16-18-2-13-26(32-15-18)27(24-14-21(30)7-12-25(24)31)39(35,36)23-10-5-20(29)6-11-23/h2-15,27H,16H2,1H3,(H,33,38)(H,34,37). The molecule has 1 unspecified atom stereocenters. The zero-order valence-corrected chi connectivity index (χ0v) is 23.7.